The van der Waals surface area contributed by atoms with E-state index in [4.69, 9.17) is 18.9 Å². The Hall–Kier alpha value is -3.55. The maximum atomic E-state index is 13.2. The van der Waals surface area contributed by atoms with Crippen LogP contribution in [-0.2, 0) is 40.0 Å². The van der Waals surface area contributed by atoms with Gasteiger partial charge < -0.3 is 34.5 Å². The van der Waals surface area contributed by atoms with E-state index in [0.717, 1.165) is 0 Å². The molecular weight excluding hydrogens is 500 g/mol. The molecule has 2 aliphatic rings. The molecule has 2 heterocycles. The average molecular weight is 535 g/mol. The second kappa shape index (κ2) is 15.0. The van der Waals surface area contributed by atoms with E-state index in [2.05, 4.69) is 16.0 Å². The summed E-state index contributed by atoms with van der Waals surface area (Å²) in [4.78, 5) is 61.7. The SMILES string of the molecule is COCC(=O)NCCCOCCCNC(=O)COc1cccc2c1COCN(C1CCC(=O)NC1=O)C2=O. The van der Waals surface area contributed by atoms with E-state index in [1.54, 1.807) is 18.2 Å². The molecule has 13 nitrogen and oxygen atoms in total. The minimum atomic E-state index is -0.799. The Labute approximate surface area is 220 Å². The third-order valence-corrected chi connectivity index (χ3v) is 5.90. The highest BCUT2D eigenvalue weighted by Crippen LogP contribution is 2.28. The quantitative estimate of drug-likeness (QED) is 0.211. The number of carbonyl (C=O) groups is 5. The van der Waals surface area contributed by atoms with Gasteiger partial charge in [0.25, 0.3) is 11.8 Å². The third kappa shape index (κ3) is 8.50. The van der Waals surface area contributed by atoms with Crippen molar-refractivity contribution < 1.29 is 42.9 Å². The number of amides is 5. The molecule has 1 aromatic carbocycles. The van der Waals surface area contributed by atoms with E-state index in [1.165, 1.54) is 12.0 Å². The number of piperidine rings is 1. The van der Waals surface area contributed by atoms with Crippen molar-refractivity contribution in [3.63, 3.8) is 0 Å². The number of hydrogen-bond donors (Lipinski definition) is 3. The second-order valence-corrected chi connectivity index (χ2v) is 8.74. The highest BCUT2D eigenvalue weighted by Gasteiger charge is 2.37. The number of carbonyl (C=O) groups excluding carboxylic acids is 5. The zero-order valence-electron chi connectivity index (χ0n) is 21.4. The molecule has 0 aliphatic carbocycles. The first-order valence-electron chi connectivity index (χ1n) is 12.5. The van der Waals surface area contributed by atoms with Crippen LogP contribution in [0.15, 0.2) is 18.2 Å². The summed E-state index contributed by atoms with van der Waals surface area (Å²) in [5.74, 6) is -1.44. The summed E-state index contributed by atoms with van der Waals surface area (Å²) < 4.78 is 21.5. The Bertz CT molecular complexity index is 1020. The molecule has 0 radical (unpaired) electrons. The fourth-order valence-corrected chi connectivity index (χ4v) is 4.00. The van der Waals surface area contributed by atoms with Crippen LogP contribution in [0.3, 0.4) is 0 Å². The Balaban J connectivity index is 1.39. The van der Waals surface area contributed by atoms with Crippen molar-refractivity contribution in [2.75, 3.05) is 53.4 Å². The molecule has 5 amide bonds. The van der Waals surface area contributed by atoms with Crippen LogP contribution < -0.4 is 20.7 Å². The summed E-state index contributed by atoms with van der Waals surface area (Å²) in [6.45, 7) is 1.61. The van der Waals surface area contributed by atoms with Crippen LogP contribution in [0, 0.1) is 0 Å². The number of nitrogens with one attached hydrogen (secondary N) is 3. The van der Waals surface area contributed by atoms with Crippen LogP contribution in [0.25, 0.3) is 0 Å². The summed E-state index contributed by atoms with van der Waals surface area (Å²) in [5, 5.41) is 7.71. The van der Waals surface area contributed by atoms with Crippen molar-refractivity contribution in [2.24, 2.45) is 0 Å². The summed E-state index contributed by atoms with van der Waals surface area (Å²) >= 11 is 0. The van der Waals surface area contributed by atoms with Gasteiger partial charge in [0.2, 0.25) is 17.7 Å². The van der Waals surface area contributed by atoms with Gasteiger partial charge in [-0.05, 0) is 31.4 Å². The first-order chi connectivity index (χ1) is 18.4. The third-order valence-electron chi connectivity index (χ3n) is 5.90. The van der Waals surface area contributed by atoms with Crippen LogP contribution in [-0.4, -0.2) is 93.8 Å². The smallest absolute Gasteiger partial charge is 0.257 e. The molecule has 0 saturated carbocycles. The monoisotopic (exact) mass is 534 g/mol. The van der Waals surface area contributed by atoms with Crippen molar-refractivity contribution in [2.45, 2.75) is 38.3 Å². The number of methoxy groups -OCH3 is 1. The molecule has 3 N–H and O–H groups in total. The largest absolute Gasteiger partial charge is 0.483 e. The van der Waals surface area contributed by atoms with Crippen LogP contribution >= 0.6 is 0 Å². The van der Waals surface area contributed by atoms with Crippen LogP contribution in [0.2, 0.25) is 0 Å². The van der Waals surface area contributed by atoms with Gasteiger partial charge in [-0.15, -0.1) is 0 Å². The minimum Gasteiger partial charge on any atom is -0.483 e. The number of imide groups is 1. The number of fused-ring (bicyclic) bond motifs is 1. The van der Waals surface area contributed by atoms with E-state index >= 15 is 0 Å². The maximum Gasteiger partial charge on any atom is 0.257 e. The number of hydrogen-bond acceptors (Lipinski definition) is 9. The summed E-state index contributed by atoms with van der Waals surface area (Å²) in [6.07, 6.45) is 1.66. The number of rotatable bonds is 14. The predicted molar refractivity (Wildman–Crippen MR) is 132 cm³/mol. The average Bonchev–Trinajstić information content (AvgIpc) is 3.06. The standard InChI is InChI=1S/C25H34N4O9/c1-35-14-22(31)26-9-3-11-36-12-4-10-27-23(32)15-38-20-6-2-5-17-18(20)13-37-16-29(25(17)34)19-7-8-21(30)28-24(19)33/h2,5-6,19H,3-4,7-16H2,1H3,(H,26,31)(H,27,32)(H,28,30,33). The van der Waals surface area contributed by atoms with Gasteiger partial charge in [0.1, 0.15) is 25.1 Å². The van der Waals surface area contributed by atoms with Gasteiger partial charge in [0.05, 0.1) is 6.61 Å². The zero-order valence-corrected chi connectivity index (χ0v) is 21.4. The highest BCUT2D eigenvalue weighted by atomic mass is 16.5. The van der Waals surface area contributed by atoms with E-state index in [9.17, 15) is 24.0 Å². The summed E-state index contributed by atoms with van der Waals surface area (Å²) in [6, 6.07) is 4.10. The molecule has 1 unspecified atom stereocenters. The van der Waals surface area contributed by atoms with E-state index < -0.39 is 17.9 Å². The van der Waals surface area contributed by atoms with Gasteiger partial charge in [-0.1, -0.05) is 6.07 Å². The van der Waals surface area contributed by atoms with Gasteiger partial charge in [-0.25, -0.2) is 0 Å². The van der Waals surface area contributed by atoms with Crippen molar-refractivity contribution in [1.82, 2.24) is 20.9 Å². The molecule has 0 aromatic heterocycles. The molecule has 3 rings (SSSR count). The lowest BCUT2D eigenvalue weighted by molar-refractivity contribution is -0.138. The summed E-state index contributed by atoms with van der Waals surface area (Å²) in [5.41, 5.74) is 0.812. The van der Waals surface area contributed by atoms with Crippen LogP contribution in [0.1, 0.15) is 41.6 Å². The molecule has 0 spiro atoms. The number of benzene rings is 1. The second-order valence-electron chi connectivity index (χ2n) is 8.74. The first-order valence-corrected chi connectivity index (χ1v) is 12.5. The lowest BCUT2D eigenvalue weighted by Gasteiger charge is -2.31. The van der Waals surface area contributed by atoms with E-state index in [1.807, 2.05) is 0 Å². The van der Waals surface area contributed by atoms with Crippen LogP contribution in [0.5, 0.6) is 5.75 Å². The van der Waals surface area contributed by atoms with Crippen molar-refractivity contribution in [1.29, 1.82) is 0 Å². The lowest BCUT2D eigenvalue weighted by atomic mass is 10.0. The van der Waals surface area contributed by atoms with Crippen molar-refractivity contribution >= 4 is 29.5 Å². The summed E-state index contributed by atoms with van der Waals surface area (Å²) in [7, 11) is 1.46. The first kappa shape index (κ1) is 29.0. The van der Waals surface area contributed by atoms with Crippen LogP contribution in [0.4, 0.5) is 0 Å². The molecule has 38 heavy (non-hydrogen) atoms. The zero-order chi connectivity index (χ0) is 27.3. The molecule has 0 bridgehead atoms. The molecule has 1 fully saturated rings. The molecule has 1 saturated heterocycles. The van der Waals surface area contributed by atoms with Crippen molar-refractivity contribution in [3.05, 3.63) is 29.3 Å². The van der Waals surface area contributed by atoms with E-state index in [-0.39, 0.29) is 57.1 Å². The molecule has 2 aliphatic heterocycles. The topological polar surface area (TPSA) is 162 Å². The van der Waals surface area contributed by atoms with Gasteiger partial charge in [0.15, 0.2) is 6.61 Å². The van der Waals surface area contributed by atoms with Gasteiger partial charge in [-0.2, -0.15) is 0 Å². The molecule has 1 atom stereocenters. The van der Waals surface area contributed by atoms with Crippen molar-refractivity contribution in [3.8, 4) is 5.75 Å². The Kier molecular flexibility index (Phi) is 11.5. The van der Waals surface area contributed by atoms with Gasteiger partial charge >= 0.3 is 0 Å². The molecule has 1 aromatic rings. The van der Waals surface area contributed by atoms with Gasteiger partial charge in [0, 0.05) is 51.0 Å². The lowest BCUT2D eigenvalue weighted by Crippen LogP contribution is -2.54. The minimum absolute atomic E-state index is 0.0338. The molecule has 13 heteroatoms. The molecular formula is C25H34N4O9. The van der Waals surface area contributed by atoms with E-state index in [0.29, 0.717) is 56.0 Å². The Morgan fingerprint density at radius 2 is 1.79 bits per heavy atom. The normalized spacial score (nSPS) is 17.3. The molecule has 208 valence electrons. The predicted octanol–water partition coefficient (Wildman–Crippen LogP) is -0.524. The Morgan fingerprint density at radius 1 is 1.08 bits per heavy atom. The highest BCUT2D eigenvalue weighted by molar-refractivity contribution is 6.04. The fraction of sp³-hybridized carbons (Fsp3) is 0.560. The maximum absolute atomic E-state index is 13.2. The Morgan fingerprint density at radius 3 is 2.47 bits per heavy atom. The number of ether oxygens (including phenoxy) is 4. The number of nitrogens with zero attached hydrogens (tertiary/aromatic N) is 1. The van der Waals surface area contributed by atoms with Gasteiger partial charge in [-0.3, -0.25) is 29.3 Å². The fourth-order valence-electron chi connectivity index (χ4n) is 4.00.